The Morgan fingerprint density at radius 2 is 1.70 bits per heavy atom. The SMILES string of the molecule is CCCCCCCCN=C(N)NCCCCOCC.I. The molecule has 0 heterocycles. The zero-order valence-electron chi connectivity index (χ0n) is 13.3. The van der Waals surface area contributed by atoms with Gasteiger partial charge in [-0.05, 0) is 26.2 Å². The molecule has 5 heteroatoms. The fourth-order valence-electron chi connectivity index (χ4n) is 1.84. The van der Waals surface area contributed by atoms with Crippen molar-refractivity contribution in [2.75, 3.05) is 26.3 Å². The van der Waals surface area contributed by atoms with E-state index in [1.54, 1.807) is 0 Å². The lowest BCUT2D eigenvalue weighted by Crippen LogP contribution is -2.32. The highest BCUT2D eigenvalue weighted by Gasteiger charge is 1.93. The van der Waals surface area contributed by atoms with Crippen molar-refractivity contribution >= 4 is 29.9 Å². The van der Waals surface area contributed by atoms with E-state index < -0.39 is 0 Å². The number of guanidine groups is 1. The smallest absolute Gasteiger partial charge is 0.188 e. The maximum atomic E-state index is 5.78. The van der Waals surface area contributed by atoms with Gasteiger partial charge in [0.1, 0.15) is 0 Å². The number of nitrogens with zero attached hydrogens (tertiary/aromatic N) is 1. The van der Waals surface area contributed by atoms with Crippen molar-refractivity contribution in [3.63, 3.8) is 0 Å². The van der Waals surface area contributed by atoms with Gasteiger partial charge in [0, 0.05) is 26.3 Å². The van der Waals surface area contributed by atoms with Gasteiger partial charge < -0.3 is 15.8 Å². The van der Waals surface area contributed by atoms with E-state index in [0.717, 1.165) is 45.6 Å². The van der Waals surface area contributed by atoms with Gasteiger partial charge in [0.05, 0.1) is 0 Å². The lowest BCUT2D eigenvalue weighted by Gasteiger charge is -2.05. The van der Waals surface area contributed by atoms with Gasteiger partial charge in [0.2, 0.25) is 0 Å². The van der Waals surface area contributed by atoms with Crippen LogP contribution in [0.5, 0.6) is 0 Å². The molecule has 0 saturated heterocycles. The van der Waals surface area contributed by atoms with Crippen molar-refractivity contribution in [1.29, 1.82) is 0 Å². The zero-order valence-corrected chi connectivity index (χ0v) is 15.7. The van der Waals surface area contributed by atoms with Gasteiger partial charge in [0.25, 0.3) is 0 Å². The fourth-order valence-corrected chi connectivity index (χ4v) is 1.84. The van der Waals surface area contributed by atoms with Crippen LogP contribution in [0.2, 0.25) is 0 Å². The Kier molecular flexibility index (Phi) is 21.1. The predicted octanol–water partition coefficient (Wildman–Crippen LogP) is 3.69. The molecule has 0 aromatic heterocycles. The van der Waals surface area contributed by atoms with E-state index in [2.05, 4.69) is 17.2 Å². The number of aliphatic imine (C=N–C) groups is 1. The average Bonchev–Trinajstić information content (AvgIpc) is 2.41. The lowest BCUT2D eigenvalue weighted by atomic mass is 10.1. The maximum absolute atomic E-state index is 5.78. The summed E-state index contributed by atoms with van der Waals surface area (Å²) in [6.45, 7) is 7.64. The highest BCUT2D eigenvalue weighted by Crippen LogP contribution is 2.04. The van der Waals surface area contributed by atoms with Gasteiger partial charge >= 0.3 is 0 Å². The van der Waals surface area contributed by atoms with Crippen molar-refractivity contribution in [1.82, 2.24) is 5.32 Å². The lowest BCUT2D eigenvalue weighted by molar-refractivity contribution is 0.143. The minimum atomic E-state index is 0. The van der Waals surface area contributed by atoms with Crippen LogP contribution in [0, 0.1) is 0 Å². The minimum Gasteiger partial charge on any atom is -0.382 e. The second kappa shape index (κ2) is 19.0. The molecule has 0 aromatic rings. The summed E-state index contributed by atoms with van der Waals surface area (Å²) >= 11 is 0. The number of rotatable bonds is 13. The Morgan fingerprint density at radius 3 is 2.40 bits per heavy atom. The Bertz CT molecular complexity index is 213. The number of halogens is 1. The van der Waals surface area contributed by atoms with Crippen molar-refractivity contribution in [3.8, 4) is 0 Å². The molecule has 0 rings (SSSR count). The third-order valence-corrected chi connectivity index (χ3v) is 3.02. The van der Waals surface area contributed by atoms with Gasteiger partial charge in [-0.2, -0.15) is 0 Å². The molecule has 0 amide bonds. The second-order valence-corrected chi connectivity index (χ2v) is 4.87. The average molecular weight is 399 g/mol. The zero-order chi connectivity index (χ0) is 14.2. The molecule has 0 atom stereocenters. The molecule has 0 bridgehead atoms. The monoisotopic (exact) mass is 399 g/mol. The summed E-state index contributed by atoms with van der Waals surface area (Å²) in [5, 5.41) is 3.14. The summed E-state index contributed by atoms with van der Waals surface area (Å²) in [4.78, 5) is 4.33. The fraction of sp³-hybridized carbons (Fsp3) is 0.933. The standard InChI is InChI=1S/C15H33N3O.HI/c1-3-5-6-7-8-9-12-17-15(16)18-13-10-11-14-19-4-2;/h3-14H2,1-2H3,(H3,16,17,18);1H. The first-order valence-electron chi connectivity index (χ1n) is 7.92. The van der Waals surface area contributed by atoms with E-state index in [1.807, 2.05) is 6.92 Å². The van der Waals surface area contributed by atoms with Crippen LogP contribution in [-0.4, -0.2) is 32.3 Å². The highest BCUT2D eigenvalue weighted by atomic mass is 127. The van der Waals surface area contributed by atoms with Crippen LogP contribution in [0.1, 0.15) is 65.2 Å². The first-order chi connectivity index (χ1) is 9.31. The second-order valence-electron chi connectivity index (χ2n) is 4.87. The van der Waals surface area contributed by atoms with Crippen LogP contribution in [0.25, 0.3) is 0 Å². The Balaban J connectivity index is 0. The number of hydrogen-bond donors (Lipinski definition) is 2. The van der Waals surface area contributed by atoms with E-state index in [1.165, 1.54) is 32.1 Å². The molecule has 0 aliphatic rings. The molecule has 3 N–H and O–H groups in total. The van der Waals surface area contributed by atoms with Crippen LogP contribution in [0.4, 0.5) is 0 Å². The quantitative estimate of drug-likeness (QED) is 0.215. The number of nitrogens with one attached hydrogen (secondary N) is 1. The highest BCUT2D eigenvalue weighted by molar-refractivity contribution is 14.0. The summed E-state index contributed by atoms with van der Waals surface area (Å²) in [5.41, 5.74) is 5.78. The molecular weight excluding hydrogens is 365 g/mol. The first-order valence-corrected chi connectivity index (χ1v) is 7.92. The summed E-state index contributed by atoms with van der Waals surface area (Å²) in [6, 6.07) is 0. The van der Waals surface area contributed by atoms with E-state index in [9.17, 15) is 0 Å². The van der Waals surface area contributed by atoms with Gasteiger partial charge in [-0.25, -0.2) is 0 Å². The molecule has 0 aliphatic carbocycles. The number of nitrogens with two attached hydrogens (primary N) is 1. The molecule has 0 radical (unpaired) electrons. The Hall–Kier alpha value is -0.0400. The van der Waals surface area contributed by atoms with E-state index >= 15 is 0 Å². The predicted molar refractivity (Wildman–Crippen MR) is 99.0 cm³/mol. The third-order valence-electron chi connectivity index (χ3n) is 3.02. The summed E-state index contributed by atoms with van der Waals surface area (Å²) in [6.07, 6.45) is 9.91. The van der Waals surface area contributed by atoms with Crippen LogP contribution < -0.4 is 11.1 Å². The van der Waals surface area contributed by atoms with Gasteiger partial charge in [-0.3, -0.25) is 4.99 Å². The first kappa shape index (κ1) is 22.2. The van der Waals surface area contributed by atoms with E-state index in [4.69, 9.17) is 10.5 Å². The topological polar surface area (TPSA) is 59.6 Å². The molecule has 0 aromatic carbocycles. The molecule has 0 saturated carbocycles. The molecule has 0 unspecified atom stereocenters. The molecule has 122 valence electrons. The summed E-state index contributed by atoms with van der Waals surface area (Å²) in [7, 11) is 0. The van der Waals surface area contributed by atoms with E-state index in [0.29, 0.717) is 5.96 Å². The van der Waals surface area contributed by atoms with Crippen LogP contribution in [0.15, 0.2) is 4.99 Å². The summed E-state index contributed by atoms with van der Waals surface area (Å²) < 4.78 is 5.27. The number of hydrogen-bond acceptors (Lipinski definition) is 2. The minimum absolute atomic E-state index is 0. The van der Waals surface area contributed by atoms with Crippen molar-refractivity contribution < 1.29 is 4.74 Å². The molecule has 0 spiro atoms. The molecule has 0 aliphatic heterocycles. The third kappa shape index (κ3) is 18.0. The van der Waals surface area contributed by atoms with Gasteiger partial charge in [0.15, 0.2) is 5.96 Å². The Labute approximate surface area is 142 Å². The molecule has 4 nitrogen and oxygen atoms in total. The molecule has 0 fully saturated rings. The maximum Gasteiger partial charge on any atom is 0.188 e. The molecular formula is C15H34IN3O. The van der Waals surface area contributed by atoms with Gasteiger partial charge in [-0.1, -0.05) is 39.0 Å². The van der Waals surface area contributed by atoms with Crippen molar-refractivity contribution in [2.24, 2.45) is 10.7 Å². The van der Waals surface area contributed by atoms with Crippen molar-refractivity contribution in [2.45, 2.75) is 65.2 Å². The van der Waals surface area contributed by atoms with Crippen LogP contribution in [0.3, 0.4) is 0 Å². The number of unbranched alkanes of at least 4 members (excludes halogenated alkanes) is 6. The van der Waals surface area contributed by atoms with Crippen LogP contribution >= 0.6 is 24.0 Å². The largest absolute Gasteiger partial charge is 0.382 e. The normalized spacial score (nSPS) is 11.2. The van der Waals surface area contributed by atoms with Crippen molar-refractivity contribution in [3.05, 3.63) is 0 Å². The van der Waals surface area contributed by atoms with Gasteiger partial charge in [-0.15, -0.1) is 24.0 Å². The number of ether oxygens (including phenoxy) is 1. The molecule has 20 heavy (non-hydrogen) atoms. The summed E-state index contributed by atoms with van der Waals surface area (Å²) in [5.74, 6) is 0.588. The van der Waals surface area contributed by atoms with Crippen LogP contribution in [-0.2, 0) is 4.74 Å². The van der Waals surface area contributed by atoms with E-state index in [-0.39, 0.29) is 24.0 Å². The Morgan fingerprint density at radius 1 is 1.00 bits per heavy atom.